The molecular weight excluding hydrogens is 334 g/mol. The van der Waals surface area contributed by atoms with E-state index in [0.29, 0.717) is 18.7 Å². The molecule has 1 saturated heterocycles. The van der Waals surface area contributed by atoms with Crippen molar-refractivity contribution in [1.82, 2.24) is 9.88 Å². The summed E-state index contributed by atoms with van der Waals surface area (Å²) < 4.78 is 0. The first-order chi connectivity index (χ1) is 13.0. The van der Waals surface area contributed by atoms with Gasteiger partial charge in [0.2, 0.25) is 0 Å². The van der Waals surface area contributed by atoms with Crippen LogP contribution in [0.4, 0.5) is 0 Å². The number of para-hydroxylation sites is 1. The van der Waals surface area contributed by atoms with Gasteiger partial charge in [-0.2, -0.15) is 0 Å². The van der Waals surface area contributed by atoms with Crippen LogP contribution in [0.5, 0.6) is 0 Å². The molecule has 4 nitrogen and oxygen atoms in total. The molecule has 0 saturated carbocycles. The van der Waals surface area contributed by atoms with Gasteiger partial charge < -0.3 is 10.6 Å². The summed E-state index contributed by atoms with van der Waals surface area (Å²) >= 11 is 0. The second-order valence-electron chi connectivity index (χ2n) is 8.05. The molecule has 1 unspecified atom stereocenters. The lowest BCUT2D eigenvalue weighted by Gasteiger charge is -2.42. The quantitative estimate of drug-likeness (QED) is 0.749. The van der Waals surface area contributed by atoms with Crippen LogP contribution < -0.4 is 5.73 Å². The van der Waals surface area contributed by atoms with Gasteiger partial charge in [-0.1, -0.05) is 62.4 Å². The van der Waals surface area contributed by atoms with Gasteiger partial charge in [0.05, 0.1) is 16.8 Å². The first-order valence-corrected chi connectivity index (χ1v) is 9.46. The molecular formula is C23H25N3O. The molecule has 0 aliphatic carbocycles. The molecule has 4 rings (SSSR count). The normalized spacial score (nSPS) is 19.2. The summed E-state index contributed by atoms with van der Waals surface area (Å²) in [4.78, 5) is 20.2. The van der Waals surface area contributed by atoms with Gasteiger partial charge in [0.25, 0.3) is 5.91 Å². The molecule has 1 atom stereocenters. The third kappa shape index (κ3) is 3.33. The van der Waals surface area contributed by atoms with Crippen LogP contribution >= 0.6 is 0 Å². The molecule has 2 aromatic carbocycles. The van der Waals surface area contributed by atoms with E-state index in [-0.39, 0.29) is 17.4 Å². The van der Waals surface area contributed by atoms with Gasteiger partial charge in [-0.3, -0.25) is 4.79 Å². The van der Waals surface area contributed by atoms with Crippen LogP contribution in [-0.4, -0.2) is 34.9 Å². The maximum atomic E-state index is 13.4. The Morgan fingerprint density at radius 1 is 1.11 bits per heavy atom. The lowest BCUT2D eigenvalue weighted by molar-refractivity contribution is 0.0535. The summed E-state index contributed by atoms with van der Waals surface area (Å²) in [5.41, 5.74) is 9.57. The molecule has 1 fully saturated rings. The van der Waals surface area contributed by atoms with Crippen molar-refractivity contribution in [2.24, 2.45) is 11.1 Å². The highest BCUT2D eigenvalue weighted by Gasteiger charge is 2.36. The maximum Gasteiger partial charge on any atom is 0.254 e. The standard InChI is InChI=1S/C23H25N3O/c1-23(2)15-26(13-12-21(23)24)22(27)18-14-20(16-8-4-3-5-9-16)25-19-11-7-6-10-17(18)19/h3-11,14,21H,12-13,15,24H2,1-2H3. The second kappa shape index (κ2) is 6.78. The molecule has 0 spiro atoms. The van der Waals surface area contributed by atoms with Crippen molar-refractivity contribution < 1.29 is 4.79 Å². The van der Waals surface area contributed by atoms with E-state index in [2.05, 4.69) is 13.8 Å². The first-order valence-electron chi connectivity index (χ1n) is 9.46. The number of pyridine rings is 1. The number of carbonyl (C=O) groups is 1. The van der Waals surface area contributed by atoms with Crippen molar-refractivity contribution in [2.75, 3.05) is 13.1 Å². The van der Waals surface area contributed by atoms with E-state index in [0.717, 1.165) is 28.6 Å². The molecule has 2 heterocycles. The van der Waals surface area contributed by atoms with Crippen molar-refractivity contribution >= 4 is 16.8 Å². The van der Waals surface area contributed by atoms with Crippen LogP contribution in [-0.2, 0) is 0 Å². The Morgan fingerprint density at radius 3 is 2.56 bits per heavy atom. The van der Waals surface area contributed by atoms with Crippen LogP contribution in [0, 0.1) is 5.41 Å². The number of hydrogen-bond acceptors (Lipinski definition) is 3. The number of fused-ring (bicyclic) bond motifs is 1. The summed E-state index contributed by atoms with van der Waals surface area (Å²) in [7, 11) is 0. The molecule has 1 aromatic heterocycles. The van der Waals surface area contributed by atoms with E-state index < -0.39 is 0 Å². The molecule has 1 aliphatic rings. The summed E-state index contributed by atoms with van der Waals surface area (Å²) in [6.07, 6.45) is 0.827. The van der Waals surface area contributed by atoms with Gasteiger partial charge in [0, 0.05) is 30.1 Å². The average Bonchev–Trinajstić information content (AvgIpc) is 2.69. The number of nitrogens with zero attached hydrogens (tertiary/aromatic N) is 2. The Balaban J connectivity index is 1.79. The zero-order valence-electron chi connectivity index (χ0n) is 15.9. The van der Waals surface area contributed by atoms with E-state index in [4.69, 9.17) is 10.7 Å². The van der Waals surface area contributed by atoms with Gasteiger partial charge >= 0.3 is 0 Å². The third-order valence-corrected chi connectivity index (χ3v) is 5.62. The van der Waals surface area contributed by atoms with Gasteiger partial charge in [-0.15, -0.1) is 0 Å². The van der Waals surface area contributed by atoms with E-state index in [1.54, 1.807) is 0 Å². The Bertz CT molecular complexity index is 981. The van der Waals surface area contributed by atoms with Crippen LogP contribution in [0.25, 0.3) is 22.2 Å². The number of piperidine rings is 1. The number of nitrogens with two attached hydrogens (primary N) is 1. The van der Waals surface area contributed by atoms with Crippen molar-refractivity contribution in [3.8, 4) is 11.3 Å². The number of carbonyl (C=O) groups excluding carboxylic acids is 1. The minimum Gasteiger partial charge on any atom is -0.338 e. The Morgan fingerprint density at radius 2 is 1.81 bits per heavy atom. The fraction of sp³-hybridized carbons (Fsp3) is 0.304. The summed E-state index contributed by atoms with van der Waals surface area (Å²) in [6, 6.07) is 19.9. The smallest absolute Gasteiger partial charge is 0.254 e. The molecule has 138 valence electrons. The van der Waals surface area contributed by atoms with Gasteiger partial charge in [-0.25, -0.2) is 4.98 Å². The van der Waals surface area contributed by atoms with E-state index >= 15 is 0 Å². The van der Waals surface area contributed by atoms with Crippen LogP contribution in [0.2, 0.25) is 0 Å². The summed E-state index contributed by atoms with van der Waals surface area (Å²) in [5, 5.41) is 0.898. The van der Waals surface area contributed by atoms with Crippen LogP contribution in [0.1, 0.15) is 30.6 Å². The minimum atomic E-state index is -0.0843. The van der Waals surface area contributed by atoms with E-state index in [1.807, 2.05) is 65.6 Å². The second-order valence-corrected chi connectivity index (χ2v) is 8.05. The van der Waals surface area contributed by atoms with E-state index in [9.17, 15) is 4.79 Å². The fourth-order valence-corrected chi connectivity index (χ4v) is 3.83. The SMILES string of the molecule is CC1(C)CN(C(=O)c2cc(-c3ccccc3)nc3ccccc23)CCC1N. The Hall–Kier alpha value is -2.72. The highest BCUT2D eigenvalue weighted by atomic mass is 16.2. The summed E-state index contributed by atoms with van der Waals surface area (Å²) in [5.74, 6) is 0.0609. The molecule has 2 N–H and O–H groups in total. The van der Waals surface area contributed by atoms with Gasteiger partial charge in [0.15, 0.2) is 0 Å². The van der Waals surface area contributed by atoms with Crippen LogP contribution in [0.15, 0.2) is 60.7 Å². The average molecular weight is 359 g/mol. The van der Waals surface area contributed by atoms with Crippen molar-refractivity contribution in [1.29, 1.82) is 0 Å². The Labute approximate surface area is 160 Å². The number of likely N-dealkylation sites (tertiary alicyclic amines) is 1. The van der Waals surface area contributed by atoms with Crippen molar-refractivity contribution in [3.05, 3.63) is 66.2 Å². The largest absolute Gasteiger partial charge is 0.338 e. The number of rotatable bonds is 2. The predicted molar refractivity (Wildman–Crippen MR) is 109 cm³/mol. The van der Waals surface area contributed by atoms with E-state index in [1.165, 1.54) is 0 Å². The van der Waals surface area contributed by atoms with Crippen molar-refractivity contribution in [3.63, 3.8) is 0 Å². The lowest BCUT2D eigenvalue weighted by atomic mass is 9.79. The fourth-order valence-electron chi connectivity index (χ4n) is 3.83. The molecule has 3 aromatic rings. The molecule has 0 bridgehead atoms. The zero-order valence-corrected chi connectivity index (χ0v) is 15.9. The highest BCUT2D eigenvalue weighted by Crippen LogP contribution is 2.31. The highest BCUT2D eigenvalue weighted by molar-refractivity contribution is 6.07. The first kappa shape index (κ1) is 17.7. The minimum absolute atomic E-state index is 0.0609. The number of aromatic nitrogens is 1. The lowest BCUT2D eigenvalue weighted by Crippen LogP contribution is -2.54. The van der Waals surface area contributed by atoms with Crippen LogP contribution in [0.3, 0.4) is 0 Å². The van der Waals surface area contributed by atoms with Gasteiger partial charge in [-0.05, 0) is 24.0 Å². The zero-order chi connectivity index (χ0) is 19.0. The Kier molecular flexibility index (Phi) is 4.44. The third-order valence-electron chi connectivity index (χ3n) is 5.62. The van der Waals surface area contributed by atoms with Crippen molar-refractivity contribution in [2.45, 2.75) is 26.3 Å². The number of amides is 1. The maximum absolute atomic E-state index is 13.4. The molecule has 1 aliphatic heterocycles. The van der Waals surface area contributed by atoms with Gasteiger partial charge in [0.1, 0.15) is 0 Å². The number of hydrogen-bond donors (Lipinski definition) is 1. The monoisotopic (exact) mass is 359 g/mol. The molecule has 0 radical (unpaired) electrons. The topological polar surface area (TPSA) is 59.2 Å². The molecule has 27 heavy (non-hydrogen) atoms. The number of benzene rings is 2. The molecule has 1 amide bonds. The summed E-state index contributed by atoms with van der Waals surface area (Å²) in [6.45, 7) is 5.64. The predicted octanol–water partition coefficient (Wildman–Crippen LogP) is 4.10. The molecule has 4 heteroatoms.